The van der Waals surface area contributed by atoms with Gasteiger partial charge in [-0.1, -0.05) is 23.2 Å². The minimum absolute atomic E-state index is 0.470. The monoisotopic (exact) mass is 233 g/mol. The molecule has 1 aromatic rings. The number of rotatable bonds is 3. The van der Waals surface area contributed by atoms with Gasteiger partial charge in [0.15, 0.2) is 0 Å². The van der Waals surface area contributed by atoms with E-state index in [-0.39, 0.29) is 0 Å². The number of carbonyl (C=O) groups is 1. The summed E-state index contributed by atoms with van der Waals surface area (Å²) in [5.74, 6) is -0.930. The molecule has 0 saturated carbocycles. The molecule has 0 aliphatic rings. The second-order valence-corrected chi connectivity index (χ2v) is 3.74. The smallest absolute Gasteiger partial charge is 0.325 e. The van der Waals surface area contributed by atoms with Crippen LogP contribution in [0.2, 0.25) is 10.0 Å². The van der Waals surface area contributed by atoms with Crippen LogP contribution in [0.1, 0.15) is 6.92 Å². The first-order valence-corrected chi connectivity index (χ1v) is 4.70. The molecule has 0 aliphatic heterocycles. The summed E-state index contributed by atoms with van der Waals surface area (Å²) in [6.07, 6.45) is 0. The molecule has 0 aromatic heterocycles. The van der Waals surface area contributed by atoms with E-state index in [9.17, 15) is 4.79 Å². The Morgan fingerprint density at radius 3 is 2.29 bits per heavy atom. The minimum atomic E-state index is -0.930. The first kappa shape index (κ1) is 11.1. The molecule has 3 nitrogen and oxygen atoms in total. The topological polar surface area (TPSA) is 49.3 Å². The van der Waals surface area contributed by atoms with Gasteiger partial charge in [0.1, 0.15) is 6.04 Å². The van der Waals surface area contributed by atoms with Gasteiger partial charge in [0.25, 0.3) is 0 Å². The van der Waals surface area contributed by atoms with Crippen LogP contribution in [0.3, 0.4) is 0 Å². The number of aliphatic carboxylic acids is 1. The van der Waals surface area contributed by atoms with E-state index in [4.69, 9.17) is 28.3 Å². The van der Waals surface area contributed by atoms with Gasteiger partial charge in [0.05, 0.1) is 0 Å². The number of anilines is 1. The summed E-state index contributed by atoms with van der Waals surface area (Å²) < 4.78 is 0. The van der Waals surface area contributed by atoms with Crippen LogP contribution in [0.5, 0.6) is 0 Å². The fraction of sp³-hybridized carbons (Fsp3) is 0.222. The molecule has 0 fully saturated rings. The minimum Gasteiger partial charge on any atom is -0.480 e. The van der Waals surface area contributed by atoms with Crippen molar-refractivity contribution in [3.8, 4) is 0 Å². The van der Waals surface area contributed by atoms with Gasteiger partial charge < -0.3 is 10.4 Å². The van der Waals surface area contributed by atoms with Crippen molar-refractivity contribution in [2.24, 2.45) is 0 Å². The van der Waals surface area contributed by atoms with E-state index < -0.39 is 12.0 Å². The van der Waals surface area contributed by atoms with Crippen LogP contribution in [0.25, 0.3) is 0 Å². The zero-order valence-electron chi connectivity index (χ0n) is 7.42. The molecule has 0 heterocycles. The lowest BCUT2D eigenvalue weighted by atomic mass is 10.2. The molecular weight excluding hydrogens is 225 g/mol. The normalized spacial score (nSPS) is 12.2. The molecule has 76 valence electrons. The van der Waals surface area contributed by atoms with Gasteiger partial charge in [-0.25, -0.2) is 0 Å². The predicted molar refractivity (Wildman–Crippen MR) is 57.2 cm³/mol. The Morgan fingerprint density at radius 2 is 1.86 bits per heavy atom. The average molecular weight is 234 g/mol. The van der Waals surface area contributed by atoms with Gasteiger partial charge in [-0.3, -0.25) is 4.79 Å². The van der Waals surface area contributed by atoms with E-state index >= 15 is 0 Å². The molecule has 2 N–H and O–H groups in total. The standard InChI is InChI=1S/C9H9Cl2NO2/c1-5(9(13)14)12-8-3-6(10)2-7(11)4-8/h2-5,12H,1H3,(H,13,14). The number of hydrogen-bond acceptors (Lipinski definition) is 2. The van der Waals surface area contributed by atoms with Crippen molar-refractivity contribution >= 4 is 34.9 Å². The van der Waals surface area contributed by atoms with Crippen LogP contribution < -0.4 is 5.32 Å². The van der Waals surface area contributed by atoms with E-state index in [2.05, 4.69) is 5.32 Å². The zero-order valence-corrected chi connectivity index (χ0v) is 8.93. The summed E-state index contributed by atoms with van der Waals surface area (Å²) in [7, 11) is 0. The molecule has 0 radical (unpaired) electrons. The van der Waals surface area contributed by atoms with Crippen molar-refractivity contribution in [2.75, 3.05) is 5.32 Å². The summed E-state index contributed by atoms with van der Waals surface area (Å²) >= 11 is 11.5. The highest BCUT2D eigenvalue weighted by atomic mass is 35.5. The predicted octanol–water partition coefficient (Wildman–Crippen LogP) is 2.88. The highest BCUT2D eigenvalue weighted by Crippen LogP contribution is 2.22. The van der Waals surface area contributed by atoms with Crippen molar-refractivity contribution in [1.82, 2.24) is 0 Å². The van der Waals surface area contributed by atoms with Crippen molar-refractivity contribution < 1.29 is 9.90 Å². The Kier molecular flexibility index (Phi) is 3.61. The summed E-state index contributed by atoms with van der Waals surface area (Å²) in [6.45, 7) is 1.54. The molecule has 14 heavy (non-hydrogen) atoms. The Morgan fingerprint density at radius 1 is 1.36 bits per heavy atom. The van der Waals surface area contributed by atoms with E-state index in [0.717, 1.165) is 0 Å². The molecule has 0 amide bonds. The lowest BCUT2D eigenvalue weighted by Gasteiger charge is -2.11. The van der Waals surface area contributed by atoms with Crippen molar-refractivity contribution in [3.63, 3.8) is 0 Å². The first-order valence-electron chi connectivity index (χ1n) is 3.94. The lowest BCUT2D eigenvalue weighted by molar-refractivity contribution is -0.137. The van der Waals surface area contributed by atoms with Crippen LogP contribution in [0.15, 0.2) is 18.2 Å². The largest absolute Gasteiger partial charge is 0.480 e. The van der Waals surface area contributed by atoms with Crippen molar-refractivity contribution in [1.29, 1.82) is 0 Å². The van der Waals surface area contributed by atoms with Crippen LogP contribution in [0, 0.1) is 0 Å². The fourth-order valence-electron chi connectivity index (χ4n) is 0.949. The lowest BCUT2D eigenvalue weighted by Crippen LogP contribution is -2.25. The van der Waals surface area contributed by atoms with Crippen LogP contribution in [-0.4, -0.2) is 17.1 Å². The molecule has 1 rings (SSSR count). The second kappa shape index (κ2) is 4.53. The van der Waals surface area contributed by atoms with Crippen molar-refractivity contribution in [3.05, 3.63) is 28.2 Å². The molecule has 0 aliphatic carbocycles. The number of hydrogen-bond donors (Lipinski definition) is 2. The number of nitrogens with one attached hydrogen (secondary N) is 1. The summed E-state index contributed by atoms with van der Waals surface area (Å²) in [5.41, 5.74) is 0.595. The zero-order chi connectivity index (χ0) is 10.7. The Hall–Kier alpha value is -0.930. The van der Waals surface area contributed by atoms with E-state index in [1.807, 2.05) is 0 Å². The molecule has 5 heteroatoms. The van der Waals surface area contributed by atoms with Crippen molar-refractivity contribution in [2.45, 2.75) is 13.0 Å². The maximum Gasteiger partial charge on any atom is 0.325 e. The molecule has 1 aromatic carbocycles. The summed E-state index contributed by atoms with van der Waals surface area (Å²) in [5, 5.41) is 12.3. The third-order valence-electron chi connectivity index (χ3n) is 1.62. The summed E-state index contributed by atoms with van der Waals surface area (Å²) in [4.78, 5) is 10.5. The quantitative estimate of drug-likeness (QED) is 0.845. The van der Waals surface area contributed by atoms with E-state index in [1.54, 1.807) is 18.2 Å². The SMILES string of the molecule is CC(Nc1cc(Cl)cc(Cl)c1)C(=O)O. The average Bonchev–Trinajstić information content (AvgIpc) is 2.01. The Bertz CT molecular complexity index is 334. The maximum absolute atomic E-state index is 10.5. The first-order chi connectivity index (χ1) is 6.49. The Labute approximate surface area is 91.6 Å². The fourth-order valence-corrected chi connectivity index (χ4v) is 1.47. The molecule has 0 saturated heterocycles. The number of carboxylic acid groups (broad SMARTS) is 1. The highest BCUT2D eigenvalue weighted by molar-refractivity contribution is 6.35. The molecule has 0 spiro atoms. The number of benzene rings is 1. The van der Waals surface area contributed by atoms with Crippen LogP contribution >= 0.6 is 23.2 Å². The van der Waals surface area contributed by atoms with Gasteiger partial charge >= 0.3 is 5.97 Å². The van der Waals surface area contributed by atoms with Gasteiger partial charge in [-0.05, 0) is 25.1 Å². The molecule has 1 atom stereocenters. The molecular formula is C9H9Cl2NO2. The molecule has 1 unspecified atom stereocenters. The van der Waals surface area contributed by atoms with Gasteiger partial charge in [0, 0.05) is 15.7 Å². The van der Waals surface area contributed by atoms with E-state index in [0.29, 0.717) is 15.7 Å². The van der Waals surface area contributed by atoms with Gasteiger partial charge in [0.2, 0.25) is 0 Å². The number of halogens is 2. The molecule has 0 bridgehead atoms. The summed E-state index contributed by atoms with van der Waals surface area (Å²) in [6, 6.07) is 4.14. The third-order valence-corrected chi connectivity index (χ3v) is 2.05. The third kappa shape index (κ3) is 3.09. The van der Waals surface area contributed by atoms with E-state index in [1.165, 1.54) is 6.92 Å². The van der Waals surface area contributed by atoms with Gasteiger partial charge in [-0.15, -0.1) is 0 Å². The maximum atomic E-state index is 10.5. The van der Waals surface area contributed by atoms with Crippen LogP contribution in [-0.2, 0) is 4.79 Å². The van der Waals surface area contributed by atoms with Crippen LogP contribution in [0.4, 0.5) is 5.69 Å². The Balaban J connectivity index is 2.81. The number of carboxylic acids is 1. The van der Waals surface area contributed by atoms with Gasteiger partial charge in [-0.2, -0.15) is 0 Å². The second-order valence-electron chi connectivity index (χ2n) is 2.86. The highest BCUT2D eigenvalue weighted by Gasteiger charge is 2.10.